The van der Waals surface area contributed by atoms with Crippen molar-refractivity contribution in [1.82, 2.24) is 10.2 Å². The molecule has 1 amide bonds. The Morgan fingerprint density at radius 2 is 2.04 bits per heavy atom. The van der Waals surface area contributed by atoms with Crippen molar-refractivity contribution >= 4 is 5.91 Å². The minimum atomic E-state index is -0.464. The van der Waals surface area contributed by atoms with Crippen LogP contribution in [0.25, 0.3) is 0 Å². The van der Waals surface area contributed by atoms with Gasteiger partial charge in [0.2, 0.25) is 0 Å². The molecular formula is C19H28N2O3. The molecule has 0 bridgehead atoms. The van der Waals surface area contributed by atoms with Crippen molar-refractivity contribution in [2.75, 3.05) is 19.6 Å². The Balaban J connectivity index is 1.87. The highest BCUT2D eigenvalue weighted by molar-refractivity contribution is 5.95. The van der Waals surface area contributed by atoms with Crippen LogP contribution in [-0.4, -0.2) is 36.5 Å². The van der Waals surface area contributed by atoms with Gasteiger partial charge in [-0.15, -0.1) is 0 Å². The predicted molar refractivity (Wildman–Crippen MR) is 93.5 cm³/mol. The predicted octanol–water partition coefficient (Wildman–Crippen LogP) is 2.82. The van der Waals surface area contributed by atoms with Gasteiger partial charge in [-0.2, -0.15) is 0 Å². The van der Waals surface area contributed by atoms with Gasteiger partial charge in [0.25, 0.3) is 5.91 Å². The fourth-order valence-corrected chi connectivity index (χ4v) is 4.03. The van der Waals surface area contributed by atoms with E-state index >= 15 is 0 Å². The second-order valence-electron chi connectivity index (χ2n) is 7.07. The average molecular weight is 332 g/mol. The van der Waals surface area contributed by atoms with Gasteiger partial charge in [0.15, 0.2) is 0 Å². The third kappa shape index (κ3) is 3.41. The lowest BCUT2D eigenvalue weighted by Crippen LogP contribution is -2.45. The lowest BCUT2D eigenvalue weighted by atomic mass is 9.93. The Morgan fingerprint density at radius 1 is 1.29 bits per heavy atom. The van der Waals surface area contributed by atoms with Gasteiger partial charge < -0.3 is 14.6 Å². The molecule has 24 heavy (non-hydrogen) atoms. The molecule has 0 spiro atoms. The first-order valence-electron chi connectivity index (χ1n) is 9.28. The lowest BCUT2D eigenvalue weighted by Gasteiger charge is -2.35. The molecule has 3 heterocycles. The van der Waals surface area contributed by atoms with E-state index in [1.165, 1.54) is 0 Å². The van der Waals surface area contributed by atoms with Crippen molar-refractivity contribution in [3.8, 4) is 0 Å². The molecule has 0 aliphatic carbocycles. The van der Waals surface area contributed by atoms with E-state index in [0.717, 1.165) is 69.5 Å². The molecular weight excluding hydrogens is 304 g/mol. The number of hydrogen-bond donors (Lipinski definition) is 1. The number of piperidine rings is 2. The Hall–Kier alpha value is -1.62. The molecule has 2 aliphatic heterocycles. The van der Waals surface area contributed by atoms with Crippen LogP contribution in [0.1, 0.15) is 73.0 Å². The monoisotopic (exact) mass is 332 g/mol. The van der Waals surface area contributed by atoms with Crippen molar-refractivity contribution in [3.63, 3.8) is 0 Å². The standard InChI is InChI=1S/C19H28N2O3/c1-3-15-6-4-5-11-21(15)18(22)17-13(2)12-16(24-19(17)23)14-7-9-20-10-8-14/h12,14-15,20H,3-11H2,1-2H3. The molecule has 5 heteroatoms. The summed E-state index contributed by atoms with van der Waals surface area (Å²) >= 11 is 0. The van der Waals surface area contributed by atoms with Gasteiger partial charge in [0, 0.05) is 18.5 Å². The smallest absolute Gasteiger partial charge is 0.349 e. The van der Waals surface area contributed by atoms with Crippen LogP contribution in [0, 0.1) is 6.92 Å². The van der Waals surface area contributed by atoms with E-state index in [0.29, 0.717) is 0 Å². The van der Waals surface area contributed by atoms with Crippen molar-refractivity contribution < 1.29 is 9.21 Å². The normalized spacial score (nSPS) is 22.6. The number of hydrogen-bond acceptors (Lipinski definition) is 4. The molecule has 0 saturated carbocycles. The minimum Gasteiger partial charge on any atom is -0.427 e. The number of aryl methyl sites for hydroxylation is 1. The average Bonchev–Trinajstić information content (AvgIpc) is 2.61. The van der Waals surface area contributed by atoms with Crippen LogP contribution >= 0.6 is 0 Å². The molecule has 1 aromatic rings. The zero-order chi connectivity index (χ0) is 17.1. The van der Waals surface area contributed by atoms with Crippen LogP contribution in [0.5, 0.6) is 0 Å². The number of amides is 1. The fourth-order valence-electron chi connectivity index (χ4n) is 4.03. The third-order valence-corrected chi connectivity index (χ3v) is 5.48. The Bertz CT molecular complexity index is 647. The Labute approximate surface area is 143 Å². The Kier molecular flexibility index (Phi) is 5.39. The van der Waals surface area contributed by atoms with E-state index in [2.05, 4.69) is 12.2 Å². The number of carbonyl (C=O) groups excluding carboxylic acids is 1. The molecule has 0 aromatic carbocycles. The lowest BCUT2D eigenvalue weighted by molar-refractivity contribution is 0.0602. The van der Waals surface area contributed by atoms with Crippen LogP contribution in [0.2, 0.25) is 0 Å². The van der Waals surface area contributed by atoms with E-state index in [1.807, 2.05) is 17.9 Å². The van der Waals surface area contributed by atoms with Crippen molar-refractivity contribution in [2.24, 2.45) is 0 Å². The van der Waals surface area contributed by atoms with E-state index in [1.54, 1.807) is 0 Å². The highest BCUT2D eigenvalue weighted by atomic mass is 16.4. The maximum Gasteiger partial charge on any atom is 0.349 e. The maximum absolute atomic E-state index is 13.0. The molecule has 1 aromatic heterocycles. The summed E-state index contributed by atoms with van der Waals surface area (Å²) in [5.41, 5.74) is 0.521. The van der Waals surface area contributed by atoms with Crippen molar-refractivity contribution in [1.29, 1.82) is 0 Å². The summed E-state index contributed by atoms with van der Waals surface area (Å²) in [4.78, 5) is 27.4. The molecule has 132 valence electrons. The fraction of sp³-hybridized carbons (Fsp3) is 0.684. The van der Waals surface area contributed by atoms with Gasteiger partial charge in [-0.05, 0) is 70.2 Å². The van der Waals surface area contributed by atoms with Crippen LogP contribution in [-0.2, 0) is 0 Å². The number of nitrogens with one attached hydrogen (secondary N) is 1. The number of likely N-dealkylation sites (tertiary alicyclic amines) is 1. The topological polar surface area (TPSA) is 62.6 Å². The molecule has 1 atom stereocenters. The van der Waals surface area contributed by atoms with Gasteiger partial charge in [-0.25, -0.2) is 4.79 Å². The molecule has 0 radical (unpaired) electrons. The summed E-state index contributed by atoms with van der Waals surface area (Å²) in [6.07, 6.45) is 6.08. The minimum absolute atomic E-state index is 0.148. The maximum atomic E-state index is 13.0. The second kappa shape index (κ2) is 7.51. The molecule has 1 N–H and O–H groups in total. The summed E-state index contributed by atoms with van der Waals surface area (Å²) < 4.78 is 5.58. The number of carbonyl (C=O) groups is 1. The van der Waals surface area contributed by atoms with Crippen LogP contribution in [0.4, 0.5) is 0 Å². The van der Waals surface area contributed by atoms with Gasteiger partial charge in [0.1, 0.15) is 11.3 Å². The van der Waals surface area contributed by atoms with E-state index < -0.39 is 5.63 Å². The molecule has 5 nitrogen and oxygen atoms in total. The van der Waals surface area contributed by atoms with E-state index in [-0.39, 0.29) is 23.4 Å². The summed E-state index contributed by atoms with van der Waals surface area (Å²) in [5, 5.41) is 3.32. The molecule has 2 saturated heterocycles. The summed E-state index contributed by atoms with van der Waals surface area (Å²) in [5.74, 6) is 0.867. The summed E-state index contributed by atoms with van der Waals surface area (Å²) in [6, 6.07) is 2.16. The third-order valence-electron chi connectivity index (χ3n) is 5.48. The van der Waals surface area contributed by atoms with E-state index in [9.17, 15) is 9.59 Å². The van der Waals surface area contributed by atoms with Crippen molar-refractivity contribution in [2.45, 2.75) is 64.3 Å². The van der Waals surface area contributed by atoms with Crippen LogP contribution in [0.3, 0.4) is 0 Å². The van der Waals surface area contributed by atoms with Gasteiger partial charge in [-0.3, -0.25) is 4.79 Å². The highest BCUT2D eigenvalue weighted by Gasteiger charge is 2.30. The first kappa shape index (κ1) is 17.2. The number of rotatable bonds is 3. The SMILES string of the molecule is CCC1CCCCN1C(=O)c1c(C)cc(C2CCNCC2)oc1=O. The zero-order valence-corrected chi connectivity index (χ0v) is 14.8. The second-order valence-corrected chi connectivity index (χ2v) is 7.07. The first-order chi connectivity index (χ1) is 11.6. The largest absolute Gasteiger partial charge is 0.427 e. The van der Waals surface area contributed by atoms with Crippen molar-refractivity contribution in [3.05, 3.63) is 33.4 Å². The molecule has 1 unspecified atom stereocenters. The molecule has 2 aliphatic rings. The van der Waals surface area contributed by atoms with Gasteiger partial charge >= 0.3 is 5.63 Å². The highest BCUT2D eigenvalue weighted by Crippen LogP contribution is 2.27. The van der Waals surface area contributed by atoms with E-state index in [4.69, 9.17) is 4.42 Å². The summed E-state index contributed by atoms with van der Waals surface area (Å²) in [6.45, 7) is 6.60. The van der Waals surface area contributed by atoms with Gasteiger partial charge in [-0.1, -0.05) is 6.92 Å². The first-order valence-corrected chi connectivity index (χ1v) is 9.28. The zero-order valence-electron chi connectivity index (χ0n) is 14.8. The number of nitrogens with zero attached hydrogens (tertiary/aromatic N) is 1. The quantitative estimate of drug-likeness (QED) is 0.924. The van der Waals surface area contributed by atoms with Crippen LogP contribution in [0.15, 0.2) is 15.3 Å². The van der Waals surface area contributed by atoms with Gasteiger partial charge in [0.05, 0.1) is 0 Å². The summed E-state index contributed by atoms with van der Waals surface area (Å²) in [7, 11) is 0. The van der Waals surface area contributed by atoms with Crippen LogP contribution < -0.4 is 10.9 Å². The molecule has 2 fully saturated rings. The molecule has 3 rings (SSSR count). The Morgan fingerprint density at radius 3 is 2.71 bits per heavy atom.